The Labute approximate surface area is 205 Å². The van der Waals surface area contributed by atoms with Crippen molar-refractivity contribution in [1.82, 2.24) is 5.32 Å². The van der Waals surface area contributed by atoms with Crippen molar-refractivity contribution in [2.45, 2.75) is 31.8 Å². The van der Waals surface area contributed by atoms with E-state index in [1.807, 2.05) is 36.4 Å². The molecule has 2 nitrogen and oxygen atoms in total. The minimum absolute atomic E-state index is 0.0625. The van der Waals surface area contributed by atoms with Crippen LogP contribution in [0.2, 0.25) is 0 Å². The maximum Gasteiger partial charge on any atom is 0.127 e. The largest absolute Gasteiger partial charge is 0.488 e. The summed E-state index contributed by atoms with van der Waals surface area (Å²) in [5, 5.41) is 3.47. The molecular weight excluding hydrogens is 440 g/mol. The Morgan fingerprint density at radius 3 is 2.34 bits per heavy atom. The molecule has 178 valence electrons. The molecular formula is C31H29F2NO. The van der Waals surface area contributed by atoms with Gasteiger partial charge < -0.3 is 10.1 Å². The zero-order valence-corrected chi connectivity index (χ0v) is 19.8. The minimum Gasteiger partial charge on any atom is -0.488 e. The van der Waals surface area contributed by atoms with Crippen LogP contribution in [0.5, 0.6) is 5.75 Å². The summed E-state index contributed by atoms with van der Waals surface area (Å²) in [6.07, 6.45) is 0.838. The van der Waals surface area contributed by atoms with Crippen LogP contribution in [0, 0.1) is 18.6 Å². The molecule has 4 aromatic carbocycles. The van der Waals surface area contributed by atoms with Crippen molar-refractivity contribution in [3.63, 3.8) is 0 Å². The first kappa shape index (κ1) is 23.3. The van der Waals surface area contributed by atoms with E-state index < -0.39 is 11.6 Å². The molecule has 1 heterocycles. The summed E-state index contributed by atoms with van der Waals surface area (Å²) < 4.78 is 34.1. The second-order valence-electron chi connectivity index (χ2n) is 9.25. The number of nitrogens with one attached hydrogen (secondary N) is 1. The lowest BCUT2D eigenvalue weighted by atomic mass is 9.76. The van der Waals surface area contributed by atoms with Gasteiger partial charge in [0.2, 0.25) is 0 Å². The molecule has 0 spiro atoms. The van der Waals surface area contributed by atoms with Gasteiger partial charge in [-0.05, 0) is 71.8 Å². The van der Waals surface area contributed by atoms with Gasteiger partial charge in [-0.3, -0.25) is 0 Å². The van der Waals surface area contributed by atoms with Crippen LogP contribution in [0.25, 0.3) is 11.1 Å². The number of hydrogen-bond acceptors (Lipinski definition) is 2. The lowest BCUT2D eigenvalue weighted by Gasteiger charge is -2.34. The molecule has 1 N–H and O–H groups in total. The number of para-hydroxylation sites is 1. The molecule has 4 heteroatoms. The number of ether oxygens (including phenoxy) is 1. The van der Waals surface area contributed by atoms with Gasteiger partial charge in [0.05, 0.1) is 0 Å². The van der Waals surface area contributed by atoms with Gasteiger partial charge in [-0.2, -0.15) is 0 Å². The van der Waals surface area contributed by atoms with Crippen LogP contribution in [0.15, 0.2) is 91.0 Å². The van der Waals surface area contributed by atoms with E-state index >= 15 is 0 Å². The molecule has 2 atom stereocenters. The van der Waals surface area contributed by atoms with E-state index in [1.54, 1.807) is 0 Å². The first-order valence-corrected chi connectivity index (χ1v) is 12.1. The van der Waals surface area contributed by atoms with Crippen molar-refractivity contribution in [3.8, 4) is 16.9 Å². The van der Waals surface area contributed by atoms with Crippen LogP contribution in [0.4, 0.5) is 8.78 Å². The molecule has 0 radical (unpaired) electrons. The number of benzene rings is 4. The van der Waals surface area contributed by atoms with Crippen molar-refractivity contribution in [1.29, 1.82) is 0 Å². The summed E-state index contributed by atoms with van der Waals surface area (Å²) >= 11 is 0. The summed E-state index contributed by atoms with van der Waals surface area (Å²) in [7, 11) is 0. The molecule has 5 rings (SSSR count). The molecule has 35 heavy (non-hydrogen) atoms. The summed E-state index contributed by atoms with van der Waals surface area (Å²) in [6, 6.07) is 28.6. The molecule has 1 fully saturated rings. The van der Waals surface area contributed by atoms with Crippen molar-refractivity contribution < 1.29 is 13.5 Å². The van der Waals surface area contributed by atoms with Crippen molar-refractivity contribution in [2.75, 3.05) is 13.1 Å². The average molecular weight is 470 g/mol. The highest BCUT2D eigenvalue weighted by atomic mass is 19.1. The summed E-state index contributed by atoms with van der Waals surface area (Å²) in [5.74, 6) is 0.0138. The zero-order chi connectivity index (χ0) is 24.2. The van der Waals surface area contributed by atoms with E-state index in [1.165, 1.54) is 17.7 Å². The van der Waals surface area contributed by atoms with E-state index in [0.29, 0.717) is 6.61 Å². The monoisotopic (exact) mass is 469 g/mol. The molecule has 0 amide bonds. The Kier molecular flexibility index (Phi) is 6.91. The van der Waals surface area contributed by atoms with Gasteiger partial charge in [-0.15, -0.1) is 0 Å². The van der Waals surface area contributed by atoms with E-state index in [-0.39, 0.29) is 11.8 Å². The Hall–Kier alpha value is -3.50. The summed E-state index contributed by atoms with van der Waals surface area (Å²) in [5.41, 5.74) is 6.36. The molecule has 0 unspecified atom stereocenters. The third kappa shape index (κ3) is 5.28. The SMILES string of the molecule is Cc1cc(-c2ccccc2OCc2ccccc2)ccc1[C@H]1CNCC[C@@H]1c1cc(F)cc(F)c1. The maximum absolute atomic E-state index is 14.0. The fourth-order valence-corrected chi connectivity index (χ4v) is 5.20. The normalized spacial score (nSPS) is 17.8. The molecule has 1 aliphatic heterocycles. The molecule has 0 bridgehead atoms. The molecule has 1 saturated heterocycles. The van der Waals surface area contributed by atoms with E-state index in [9.17, 15) is 8.78 Å². The first-order valence-electron chi connectivity index (χ1n) is 12.1. The lowest BCUT2D eigenvalue weighted by molar-refractivity contribution is 0.307. The van der Waals surface area contributed by atoms with Crippen LogP contribution < -0.4 is 10.1 Å². The molecule has 4 aromatic rings. The summed E-state index contributed by atoms with van der Waals surface area (Å²) in [6.45, 7) is 4.24. The van der Waals surface area contributed by atoms with Crippen LogP contribution in [0.3, 0.4) is 0 Å². The van der Waals surface area contributed by atoms with E-state index in [4.69, 9.17) is 4.74 Å². The van der Waals surface area contributed by atoms with Gasteiger partial charge in [-0.25, -0.2) is 8.78 Å². The predicted molar refractivity (Wildman–Crippen MR) is 137 cm³/mol. The maximum atomic E-state index is 14.0. The average Bonchev–Trinajstić information content (AvgIpc) is 2.88. The topological polar surface area (TPSA) is 21.3 Å². The number of piperidine rings is 1. The highest BCUT2D eigenvalue weighted by molar-refractivity contribution is 5.71. The third-order valence-corrected chi connectivity index (χ3v) is 6.90. The highest BCUT2D eigenvalue weighted by Crippen LogP contribution is 2.40. The Morgan fingerprint density at radius 2 is 1.57 bits per heavy atom. The van der Waals surface area contributed by atoms with Crippen LogP contribution >= 0.6 is 0 Å². The Bertz CT molecular complexity index is 1280. The lowest BCUT2D eigenvalue weighted by Crippen LogP contribution is -2.34. The van der Waals surface area contributed by atoms with Gasteiger partial charge in [0.1, 0.15) is 24.0 Å². The van der Waals surface area contributed by atoms with Crippen molar-refractivity contribution >= 4 is 0 Å². The summed E-state index contributed by atoms with van der Waals surface area (Å²) in [4.78, 5) is 0. The number of halogens is 2. The van der Waals surface area contributed by atoms with Crippen molar-refractivity contribution in [3.05, 3.63) is 125 Å². The number of aryl methyl sites for hydroxylation is 1. The highest BCUT2D eigenvalue weighted by Gasteiger charge is 2.29. The van der Waals surface area contributed by atoms with E-state index in [2.05, 4.69) is 48.6 Å². The Balaban J connectivity index is 1.43. The molecule has 0 saturated carbocycles. The smallest absolute Gasteiger partial charge is 0.127 e. The van der Waals surface area contributed by atoms with Gasteiger partial charge in [-0.1, -0.05) is 66.7 Å². The first-order chi connectivity index (χ1) is 17.1. The molecule has 0 aliphatic carbocycles. The minimum atomic E-state index is -0.517. The van der Waals surface area contributed by atoms with Crippen LogP contribution in [0.1, 0.15) is 40.5 Å². The van der Waals surface area contributed by atoms with Crippen LogP contribution in [-0.4, -0.2) is 13.1 Å². The molecule has 0 aromatic heterocycles. The standard InChI is InChI=1S/C31H29F2NO/c1-21-15-23(29-9-5-6-10-31(29)35-20-22-7-3-2-4-8-22)11-12-27(21)30-19-34-14-13-28(30)24-16-25(32)18-26(33)17-24/h2-12,15-18,28,30,34H,13-14,19-20H2,1H3/t28-,30-/m1/s1. The van der Waals surface area contributed by atoms with Gasteiger partial charge >= 0.3 is 0 Å². The van der Waals surface area contributed by atoms with Gasteiger partial charge in [0, 0.05) is 24.1 Å². The number of hydrogen-bond donors (Lipinski definition) is 1. The molecule has 1 aliphatic rings. The van der Waals surface area contributed by atoms with Crippen molar-refractivity contribution in [2.24, 2.45) is 0 Å². The third-order valence-electron chi connectivity index (χ3n) is 6.90. The Morgan fingerprint density at radius 1 is 0.829 bits per heavy atom. The predicted octanol–water partition coefficient (Wildman–Crippen LogP) is 7.38. The number of rotatable bonds is 6. The van der Waals surface area contributed by atoms with Crippen LogP contribution in [-0.2, 0) is 6.61 Å². The van der Waals surface area contributed by atoms with Gasteiger partial charge in [0.25, 0.3) is 0 Å². The zero-order valence-electron chi connectivity index (χ0n) is 19.8. The van der Waals surface area contributed by atoms with E-state index in [0.717, 1.165) is 59.1 Å². The van der Waals surface area contributed by atoms with Gasteiger partial charge in [0.15, 0.2) is 0 Å². The quantitative estimate of drug-likeness (QED) is 0.318. The second kappa shape index (κ2) is 10.4. The second-order valence-corrected chi connectivity index (χ2v) is 9.25. The fourth-order valence-electron chi connectivity index (χ4n) is 5.20. The fraction of sp³-hybridized carbons (Fsp3) is 0.226.